The highest BCUT2D eigenvalue weighted by molar-refractivity contribution is 5.99. The molecule has 5 rings (SSSR count). The molecule has 0 aliphatic carbocycles. The van der Waals surface area contributed by atoms with Crippen LogP contribution in [0, 0.1) is 11.8 Å². The fourth-order valence-corrected chi connectivity index (χ4v) is 6.91. The smallest absolute Gasteiger partial charge is 0.306 e. The third kappa shape index (κ3) is 6.13. The van der Waals surface area contributed by atoms with E-state index in [1.165, 1.54) is 0 Å². The molecule has 0 aromatic heterocycles. The van der Waals surface area contributed by atoms with Crippen molar-refractivity contribution < 1.29 is 33.8 Å². The number of carbonyl (C=O) groups excluding carboxylic acids is 4. The molecule has 2 N–H and O–H groups in total. The molecule has 1 aromatic rings. The van der Waals surface area contributed by atoms with Gasteiger partial charge in [0.1, 0.15) is 18.2 Å². The number of benzene rings is 1. The van der Waals surface area contributed by atoms with Crippen LogP contribution in [-0.2, 0) is 28.7 Å². The first kappa shape index (κ1) is 30.9. The number of aliphatic hydroxyl groups excluding tert-OH is 1. The summed E-state index contributed by atoms with van der Waals surface area (Å²) >= 11 is 0. The summed E-state index contributed by atoms with van der Waals surface area (Å²) < 4.78 is 12.3. The summed E-state index contributed by atoms with van der Waals surface area (Å²) in [7, 11) is 0. The molecular weight excluding hydrogens is 550 g/mol. The van der Waals surface area contributed by atoms with Crippen LogP contribution in [0.3, 0.4) is 0 Å². The maximum Gasteiger partial charge on any atom is 0.306 e. The van der Waals surface area contributed by atoms with Crippen LogP contribution < -0.4 is 5.32 Å². The lowest BCUT2D eigenvalue weighted by molar-refractivity contribution is -0.149. The van der Waals surface area contributed by atoms with E-state index < -0.39 is 35.6 Å². The molecule has 0 radical (unpaired) electrons. The number of unbranched alkanes of at least 4 members (excludes halogenated alkanes) is 3. The summed E-state index contributed by atoms with van der Waals surface area (Å²) in [5, 5.41) is 12.2. The van der Waals surface area contributed by atoms with E-state index in [1.807, 2.05) is 56.3 Å². The first-order chi connectivity index (χ1) is 20.8. The van der Waals surface area contributed by atoms with Gasteiger partial charge in [-0.05, 0) is 38.7 Å². The van der Waals surface area contributed by atoms with Gasteiger partial charge in [-0.2, -0.15) is 0 Å². The SMILES string of the molecule is CC(C)N1CC=C[C@]23O[C@@H]4/C=C\CCC(=O)OC[C@@H](c5ccccc5)NC(=O)[C@@H]4[C@H]2C(=O)N(CCCCCCO)[C@@H]3C1=O. The second-order valence-electron chi connectivity index (χ2n) is 12.1. The average Bonchev–Trinajstić information content (AvgIpc) is 3.37. The first-order valence-corrected chi connectivity index (χ1v) is 15.5. The highest BCUT2D eigenvalue weighted by Crippen LogP contribution is 2.53. The summed E-state index contributed by atoms with van der Waals surface area (Å²) in [6.45, 7) is 4.72. The minimum absolute atomic E-state index is 0.0371. The van der Waals surface area contributed by atoms with Crippen molar-refractivity contribution in [1.29, 1.82) is 0 Å². The number of hydrogen-bond acceptors (Lipinski definition) is 7. The van der Waals surface area contributed by atoms with Gasteiger partial charge < -0.3 is 29.7 Å². The molecule has 10 nitrogen and oxygen atoms in total. The van der Waals surface area contributed by atoms with Gasteiger partial charge in [-0.15, -0.1) is 0 Å². The molecule has 10 heteroatoms. The van der Waals surface area contributed by atoms with Crippen molar-refractivity contribution >= 4 is 23.7 Å². The van der Waals surface area contributed by atoms with Crippen LogP contribution in [0.25, 0.3) is 0 Å². The summed E-state index contributed by atoms with van der Waals surface area (Å²) in [4.78, 5) is 58.6. The van der Waals surface area contributed by atoms with Crippen molar-refractivity contribution in [2.75, 3.05) is 26.3 Å². The van der Waals surface area contributed by atoms with E-state index >= 15 is 0 Å². The molecule has 0 saturated carbocycles. The van der Waals surface area contributed by atoms with E-state index in [0.717, 1.165) is 18.4 Å². The number of nitrogens with zero attached hydrogens (tertiary/aromatic N) is 2. The van der Waals surface area contributed by atoms with Crippen molar-refractivity contribution in [3.05, 3.63) is 60.2 Å². The van der Waals surface area contributed by atoms with Crippen LogP contribution in [0.2, 0.25) is 0 Å². The number of rotatable bonds is 8. The molecular formula is C33H43N3O7. The predicted octanol–water partition coefficient (Wildman–Crippen LogP) is 2.68. The van der Waals surface area contributed by atoms with Gasteiger partial charge in [-0.25, -0.2) is 0 Å². The maximum atomic E-state index is 14.4. The van der Waals surface area contributed by atoms with E-state index in [-0.39, 0.29) is 49.4 Å². The van der Waals surface area contributed by atoms with Crippen LogP contribution in [-0.4, -0.2) is 88.7 Å². The summed E-state index contributed by atoms with van der Waals surface area (Å²) in [5.41, 5.74) is -0.534. The molecule has 4 aliphatic rings. The number of amides is 3. The molecule has 232 valence electrons. The van der Waals surface area contributed by atoms with E-state index in [9.17, 15) is 24.3 Å². The van der Waals surface area contributed by atoms with Gasteiger partial charge in [0.15, 0.2) is 0 Å². The Kier molecular flexibility index (Phi) is 9.66. The second kappa shape index (κ2) is 13.4. The maximum absolute atomic E-state index is 14.4. The van der Waals surface area contributed by atoms with Crippen molar-refractivity contribution in [1.82, 2.24) is 15.1 Å². The minimum Gasteiger partial charge on any atom is -0.463 e. The van der Waals surface area contributed by atoms with Crippen molar-refractivity contribution in [3.63, 3.8) is 0 Å². The molecule has 1 aromatic carbocycles. The molecule has 4 heterocycles. The first-order valence-electron chi connectivity index (χ1n) is 15.5. The van der Waals surface area contributed by atoms with Gasteiger partial charge in [0.05, 0.1) is 24.0 Å². The van der Waals surface area contributed by atoms with Crippen LogP contribution in [0.4, 0.5) is 0 Å². The van der Waals surface area contributed by atoms with Gasteiger partial charge in [-0.3, -0.25) is 19.2 Å². The number of nitrogens with one attached hydrogen (secondary N) is 1. The van der Waals surface area contributed by atoms with Crippen molar-refractivity contribution in [3.8, 4) is 0 Å². The zero-order valence-corrected chi connectivity index (χ0v) is 25.0. The van der Waals surface area contributed by atoms with Crippen molar-refractivity contribution in [2.45, 2.75) is 82.2 Å². The standard InChI is InChI=1S/C33H43N3O7/c1-22(2)35-19-12-17-33-28(31(40)36(29(33)32(35)41)18-10-3-4-11-20-37)27-25(43-33)15-8-9-16-26(38)42-21-24(34-30(27)39)23-13-6-5-7-14-23/h5-8,12-15,17,22,24-25,27-29,37H,3-4,9-11,16,18-21H2,1-2H3,(H,34,39)/b15-8-/t24-,25+,27-,28-,29+,33-/m0/s1. The van der Waals surface area contributed by atoms with Crippen LogP contribution in [0.1, 0.15) is 64.0 Å². The number of likely N-dealkylation sites (tertiary alicyclic amines) is 1. The molecule has 3 amide bonds. The van der Waals surface area contributed by atoms with Gasteiger partial charge in [0, 0.05) is 32.2 Å². The molecule has 4 aliphatic heterocycles. The molecule has 2 fully saturated rings. The van der Waals surface area contributed by atoms with Crippen LogP contribution in [0.15, 0.2) is 54.6 Å². The fraction of sp³-hybridized carbons (Fsp3) is 0.576. The zero-order chi connectivity index (χ0) is 30.6. The molecule has 6 atom stereocenters. The number of ether oxygens (including phenoxy) is 2. The number of esters is 1. The monoisotopic (exact) mass is 593 g/mol. The molecule has 0 unspecified atom stereocenters. The summed E-state index contributed by atoms with van der Waals surface area (Å²) in [6, 6.07) is 7.69. The lowest BCUT2D eigenvalue weighted by Crippen LogP contribution is -2.56. The van der Waals surface area contributed by atoms with E-state index in [1.54, 1.807) is 22.0 Å². The van der Waals surface area contributed by atoms with Gasteiger partial charge in [-0.1, -0.05) is 67.5 Å². The lowest BCUT2D eigenvalue weighted by atomic mass is 9.77. The number of carbonyl (C=O) groups is 4. The highest BCUT2D eigenvalue weighted by Gasteiger charge is 2.71. The van der Waals surface area contributed by atoms with Crippen LogP contribution in [0.5, 0.6) is 0 Å². The molecule has 1 spiro atoms. The topological polar surface area (TPSA) is 125 Å². The Morgan fingerprint density at radius 3 is 2.53 bits per heavy atom. The molecule has 43 heavy (non-hydrogen) atoms. The third-order valence-corrected chi connectivity index (χ3v) is 9.03. The summed E-state index contributed by atoms with van der Waals surface area (Å²) in [6.07, 6.45) is 10.1. The van der Waals surface area contributed by atoms with Gasteiger partial charge in [0.2, 0.25) is 17.7 Å². The number of cyclic esters (lactones) is 1. The predicted molar refractivity (Wildman–Crippen MR) is 158 cm³/mol. The Morgan fingerprint density at radius 2 is 1.79 bits per heavy atom. The zero-order valence-electron chi connectivity index (χ0n) is 25.0. The Balaban J connectivity index is 1.53. The van der Waals surface area contributed by atoms with Gasteiger partial charge >= 0.3 is 5.97 Å². The number of fused-ring (bicyclic) bond motifs is 2. The van der Waals surface area contributed by atoms with Crippen molar-refractivity contribution in [2.24, 2.45) is 11.8 Å². The van der Waals surface area contributed by atoms with Crippen LogP contribution >= 0.6 is 0 Å². The number of allylic oxidation sites excluding steroid dienone is 1. The fourth-order valence-electron chi connectivity index (χ4n) is 6.91. The lowest BCUT2D eigenvalue weighted by Gasteiger charge is -2.36. The Labute approximate surface area is 253 Å². The molecule has 0 bridgehead atoms. The Hall–Kier alpha value is -3.50. The quantitative estimate of drug-likeness (QED) is 0.270. The van der Waals surface area contributed by atoms with Gasteiger partial charge in [0.25, 0.3) is 0 Å². The van der Waals surface area contributed by atoms with E-state index in [0.29, 0.717) is 32.4 Å². The highest BCUT2D eigenvalue weighted by atomic mass is 16.5. The Morgan fingerprint density at radius 1 is 1.02 bits per heavy atom. The van der Waals surface area contributed by atoms with E-state index in [4.69, 9.17) is 9.47 Å². The largest absolute Gasteiger partial charge is 0.463 e. The number of aliphatic hydroxyl groups is 1. The molecule has 2 saturated heterocycles. The second-order valence-corrected chi connectivity index (χ2v) is 12.1. The third-order valence-electron chi connectivity index (χ3n) is 9.03. The normalized spacial score (nSPS) is 31.9. The average molecular weight is 594 g/mol. The Bertz CT molecular complexity index is 1250. The minimum atomic E-state index is -1.31. The number of hydrogen-bond donors (Lipinski definition) is 2. The summed E-state index contributed by atoms with van der Waals surface area (Å²) in [5.74, 6) is -3.00. The van der Waals surface area contributed by atoms with E-state index in [2.05, 4.69) is 5.32 Å².